The standard InChI is InChI=1S/C13H15ClN4O/c1-8(2)19-10-5-3-9(4-6-10)18-13-11(14)12(15)16-7-17-13/h3-8H,1-2H3,(H3,15,16,17,18). The van der Waals surface area contributed by atoms with Crippen molar-refractivity contribution in [3.05, 3.63) is 35.6 Å². The summed E-state index contributed by atoms with van der Waals surface area (Å²) in [5, 5.41) is 3.39. The molecule has 1 heterocycles. The highest BCUT2D eigenvalue weighted by Crippen LogP contribution is 2.27. The minimum atomic E-state index is 0.148. The zero-order chi connectivity index (χ0) is 13.8. The molecule has 0 saturated heterocycles. The highest BCUT2D eigenvalue weighted by Gasteiger charge is 2.06. The predicted molar refractivity (Wildman–Crippen MR) is 76.9 cm³/mol. The minimum absolute atomic E-state index is 0.148. The summed E-state index contributed by atoms with van der Waals surface area (Å²) in [6, 6.07) is 7.51. The number of nitrogens with zero attached hydrogens (tertiary/aromatic N) is 2. The van der Waals surface area contributed by atoms with Gasteiger partial charge in [0.1, 0.15) is 22.9 Å². The number of rotatable bonds is 4. The molecule has 1 aromatic carbocycles. The van der Waals surface area contributed by atoms with Gasteiger partial charge in [0.2, 0.25) is 0 Å². The fourth-order valence-electron chi connectivity index (χ4n) is 1.50. The highest BCUT2D eigenvalue weighted by molar-refractivity contribution is 6.35. The maximum absolute atomic E-state index is 6.01. The van der Waals surface area contributed by atoms with Crippen LogP contribution in [-0.4, -0.2) is 16.1 Å². The second-order valence-electron chi connectivity index (χ2n) is 4.24. The third-order valence-electron chi connectivity index (χ3n) is 2.31. The molecule has 6 heteroatoms. The van der Waals surface area contributed by atoms with Crippen LogP contribution < -0.4 is 15.8 Å². The van der Waals surface area contributed by atoms with E-state index in [1.807, 2.05) is 38.1 Å². The summed E-state index contributed by atoms with van der Waals surface area (Å²) in [4.78, 5) is 7.84. The summed E-state index contributed by atoms with van der Waals surface area (Å²) in [6.07, 6.45) is 1.51. The van der Waals surface area contributed by atoms with E-state index in [0.717, 1.165) is 11.4 Å². The van der Waals surface area contributed by atoms with Gasteiger partial charge in [-0.05, 0) is 38.1 Å². The van der Waals surface area contributed by atoms with Gasteiger partial charge in [0.15, 0.2) is 5.82 Å². The smallest absolute Gasteiger partial charge is 0.154 e. The molecular formula is C13H15ClN4O. The summed E-state index contributed by atoms with van der Waals surface area (Å²) in [6.45, 7) is 3.96. The summed E-state index contributed by atoms with van der Waals surface area (Å²) >= 11 is 6.01. The molecule has 0 unspecified atom stereocenters. The van der Waals surface area contributed by atoms with E-state index in [1.54, 1.807) is 0 Å². The van der Waals surface area contributed by atoms with Gasteiger partial charge in [-0.2, -0.15) is 0 Å². The van der Waals surface area contributed by atoms with Gasteiger partial charge < -0.3 is 15.8 Å². The van der Waals surface area contributed by atoms with E-state index in [9.17, 15) is 0 Å². The summed E-state index contributed by atoms with van der Waals surface area (Å²) < 4.78 is 5.56. The van der Waals surface area contributed by atoms with Crippen molar-refractivity contribution in [1.29, 1.82) is 0 Å². The first-order valence-electron chi connectivity index (χ1n) is 5.86. The molecule has 1 aromatic heterocycles. The van der Waals surface area contributed by atoms with Crippen LogP contribution in [0.2, 0.25) is 5.02 Å². The first-order chi connectivity index (χ1) is 9.06. The van der Waals surface area contributed by atoms with Crippen LogP contribution in [0.4, 0.5) is 17.3 Å². The number of nitrogen functional groups attached to an aromatic ring is 1. The molecule has 0 aliphatic heterocycles. The van der Waals surface area contributed by atoms with Crippen molar-refractivity contribution in [2.24, 2.45) is 0 Å². The molecule has 0 radical (unpaired) electrons. The SMILES string of the molecule is CC(C)Oc1ccc(Nc2ncnc(N)c2Cl)cc1. The Morgan fingerprint density at radius 3 is 2.53 bits per heavy atom. The van der Waals surface area contributed by atoms with Crippen LogP contribution in [0.15, 0.2) is 30.6 Å². The van der Waals surface area contributed by atoms with Gasteiger partial charge in [0.05, 0.1) is 6.10 Å². The van der Waals surface area contributed by atoms with Crippen LogP contribution in [0.3, 0.4) is 0 Å². The highest BCUT2D eigenvalue weighted by atomic mass is 35.5. The molecular weight excluding hydrogens is 264 g/mol. The quantitative estimate of drug-likeness (QED) is 0.898. The normalized spacial score (nSPS) is 10.5. The predicted octanol–water partition coefficient (Wildman–Crippen LogP) is 3.24. The molecule has 0 bridgehead atoms. The van der Waals surface area contributed by atoms with Gasteiger partial charge in [0, 0.05) is 5.69 Å². The van der Waals surface area contributed by atoms with Crippen molar-refractivity contribution in [1.82, 2.24) is 9.97 Å². The van der Waals surface area contributed by atoms with E-state index in [4.69, 9.17) is 22.1 Å². The first-order valence-corrected chi connectivity index (χ1v) is 6.24. The molecule has 5 nitrogen and oxygen atoms in total. The molecule has 100 valence electrons. The topological polar surface area (TPSA) is 73.1 Å². The van der Waals surface area contributed by atoms with Gasteiger partial charge in [-0.3, -0.25) is 0 Å². The van der Waals surface area contributed by atoms with Gasteiger partial charge in [-0.1, -0.05) is 11.6 Å². The second-order valence-corrected chi connectivity index (χ2v) is 4.62. The van der Waals surface area contributed by atoms with Crippen LogP contribution >= 0.6 is 11.6 Å². The second kappa shape index (κ2) is 5.75. The van der Waals surface area contributed by atoms with Crippen molar-refractivity contribution in [3.8, 4) is 5.75 Å². The number of benzene rings is 1. The van der Waals surface area contributed by atoms with Gasteiger partial charge in [-0.15, -0.1) is 0 Å². The zero-order valence-corrected chi connectivity index (χ0v) is 11.5. The summed E-state index contributed by atoms with van der Waals surface area (Å²) in [7, 11) is 0. The van der Waals surface area contributed by atoms with Gasteiger partial charge >= 0.3 is 0 Å². The average molecular weight is 279 g/mol. The maximum atomic E-state index is 6.01. The molecule has 0 saturated carbocycles. The minimum Gasteiger partial charge on any atom is -0.491 e. The van der Waals surface area contributed by atoms with E-state index in [1.165, 1.54) is 6.33 Å². The van der Waals surface area contributed by atoms with E-state index in [0.29, 0.717) is 10.8 Å². The lowest BCUT2D eigenvalue weighted by Gasteiger charge is -2.11. The van der Waals surface area contributed by atoms with E-state index < -0.39 is 0 Å². The van der Waals surface area contributed by atoms with Crippen LogP contribution in [0.1, 0.15) is 13.8 Å². The molecule has 0 atom stereocenters. The third kappa shape index (κ3) is 3.48. The van der Waals surface area contributed by atoms with Crippen LogP contribution in [0, 0.1) is 0 Å². The number of anilines is 3. The Morgan fingerprint density at radius 2 is 1.89 bits per heavy atom. The number of halogens is 1. The van der Waals surface area contributed by atoms with Gasteiger partial charge in [0.25, 0.3) is 0 Å². The van der Waals surface area contributed by atoms with Gasteiger partial charge in [-0.25, -0.2) is 9.97 Å². The Labute approximate surface area is 116 Å². The molecule has 0 fully saturated rings. The number of hydrogen-bond donors (Lipinski definition) is 2. The largest absolute Gasteiger partial charge is 0.491 e. The average Bonchev–Trinajstić information content (AvgIpc) is 2.37. The zero-order valence-electron chi connectivity index (χ0n) is 10.7. The fraction of sp³-hybridized carbons (Fsp3) is 0.231. The third-order valence-corrected chi connectivity index (χ3v) is 2.68. The number of aromatic nitrogens is 2. The Bertz CT molecular complexity index is 557. The van der Waals surface area contributed by atoms with Crippen LogP contribution in [0.5, 0.6) is 5.75 Å². The number of nitrogens with one attached hydrogen (secondary N) is 1. The maximum Gasteiger partial charge on any atom is 0.154 e. The fourth-order valence-corrected chi connectivity index (χ4v) is 1.64. The van der Waals surface area contributed by atoms with E-state index in [2.05, 4.69) is 15.3 Å². The molecule has 19 heavy (non-hydrogen) atoms. The van der Waals surface area contributed by atoms with E-state index >= 15 is 0 Å². The molecule has 3 N–H and O–H groups in total. The molecule has 0 amide bonds. The Balaban J connectivity index is 2.13. The summed E-state index contributed by atoms with van der Waals surface area (Å²) in [5.74, 6) is 1.54. The van der Waals surface area contributed by atoms with E-state index in [-0.39, 0.29) is 11.9 Å². The Morgan fingerprint density at radius 1 is 1.21 bits per heavy atom. The van der Waals surface area contributed by atoms with Crippen molar-refractivity contribution < 1.29 is 4.74 Å². The van der Waals surface area contributed by atoms with Crippen LogP contribution in [-0.2, 0) is 0 Å². The number of ether oxygens (including phenoxy) is 1. The lowest BCUT2D eigenvalue weighted by atomic mass is 10.3. The lowest BCUT2D eigenvalue weighted by molar-refractivity contribution is 0.242. The number of hydrogen-bond acceptors (Lipinski definition) is 5. The monoisotopic (exact) mass is 278 g/mol. The van der Waals surface area contributed by atoms with Crippen LogP contribution in [0.25, 0.3) is 0 Å². The molecule has 2 aromatic rings. The molecule has 0 spiro atoms. The molecule has 0 aliphatic carbocycles. The first kappa shape index (κ1) is 13.4. The van der Waals surface area contributed by atoms with Crippen molar-refractivity contribution in [2.45, 2.75) is 20.0 Å². The molecule has 0 aliphatic rings. The van der Waals surface area contributed by atoms with Crippen molar-refractivity contribution >= 4 is 28.9 Å². The van der Waals surface area contributed by atoms with Crippen molar-refractivity contribution in [3.63, 3.8) is 0 Å². The van der Waals surface area contributed by atoms with Crippen molar-refractivity contribution in [2.75, 3.05) is 11.1 Å². The number of nitrogens with two attached hydrogens (primary N) is 1. The summed E-state index contributed by atoms with van der Waals surface area (Å²) in [5.41, 5.74) is 6.45. The molecule has 2 rings (SSSR count). The Hall–Kier alpha value is -2.01. The lowest BCUT2D eigenvalue weighted by Crippen LogP contribution is -2.05. The Kier molecular flexibility index (Phi) is 4.06.